The van der Waals surface area contributed by atoms with Crippen LogP contribution < -0.4 is 0 Å². The lowest BCUT2D eigenvalue weighted by molar-refractivity contribution is 0.0991. The third kappa shape index (κ3) is 1.09. The summed E-state index contributed by atoms with van der Waals surface area (Å²) >= 11 is 1.73. The van der Waals surface area contributed by atoms with E-state index in [2.05, 4.69) is 20.8 Å². The smallest absolute Gasteiger partial charge is 0.172 e. The van der Waals surface area contributed by atoms with Crippen molar-refractivity contribution >= 4 is 17.1 Å². The second-order valence-corrected chi connectivity index (χ2v) is 6.99. The van der Waals surface area contributed by atoms with Gasteiger partial charge in [0.15, 0.2) is 5.78 Å². The first-order chi connectivity index (χ1) is 7.48. The van der Waals surface area contributed by atoms with Crippen molar-refractivity contribution in [1.29, 1.82) is 0 Å². The van der Waals surface area contributed by atoms with Gasteiger partial charge in [0.25, 0.3) is 0 Å². The molecule has 2 heteroatoms. The number of aryl methyl sites for hydroxylation is 1. The topological polar surface area (TPSA) is 17.1 Å². The first-order valence-corrected chi connectivity index (χ1v) is 6.95. The number of hydrogen-bond acceptors (Lipinski definition) is 2. The zero-order valence-corrected chi connectivity index (χ0v) is 11.2. The van der Waals surface area contributed by atoms with Crippen LogP contribution in [0.5, 0.6) is 0 Å². The molecule has 1 fully saturated rings. The molecule has 3 rings (SSSR count). The standard InChI is InChI=1S/C14H18OS/c1-5-10(15)13-8-6-9-12(14(9,3)4)11(8)7(2)16-13/h9,12H,5-6H2,1-4H3/t9-,12-/m1/s1. The van der Waals surface area contributed by atoms with Gasteiger partial charge in [0, 0.05) is 11.3 Å². The molecule has 0 aromatic carbocycles. The quantitative estimate of drug-likeness (QED) is 0.708. The van der Waals surface area contributed by atoms with Crippen LogP contribution in [0.2, 0.25) is 0 Å². The van der Waals surface area contributed by atoms with Crippen molar-refractivity contribution < 1.29 is 4.79 Å². The summed E-state index contributed by atoms with van der Waals surface area (Å²) in [7, 11) is 0. The molecule has 86 valence electrons. The second-order valence-electron chi connectivity index (χ2n) is 5.77. The average molecular weight is 234 g/mol. The van der Waals surface area contributed by atoms with E-state index in [0.717, 1.165) is 23.1 Å². The largest absolute Gasteiger partial charge is 0.293 e. The molecule has 0 bridgehead atoms. The maximum Gasteiger partial charge on any atom is 0.172 e. The first kappa shape index (κ1) is 10.5. The van der Waals surface area contributed by atoms with Crippen molar-refractivity contribution in [1.82, 2.24) is 0 Å². The SMILES string of the molecule is CCC(=O)c1sc(C)c2c1C[C@@H]1[C@H]2C1(C)C. The van der Waals surface area contributed by atoms with E-state index < -0.39 is 0 Å². The molecule has 0 aliphatic heterocycles. The maximum absolute atomic E-state index is 11.9. The monoisotopic (exact) mass is 234 g/mol. The minimum Gasteiger partial charge on any atom is -0.293 e. The van der Waals surface area contributed by atoms with Gasteiger partial charge < -0.3 is 0 Å². The fourth-order valence-corrected chi connectivity index (χ4v) is 4.76. The molecule has 1 saturated carbocycles. The molecule has 1 aromatic rings. The molecule has 0 radical (unpaired) electrons. The lowest BCUT2D eigenvalue weighted by Crippen LogP contribution is -2.03. The first-order valence-electron chi connectivity index (χ1n) is 6.13. The molecule has 0 N–H and O–H groups in total. The van der Waals surface area contributed by atoms with Crippen LogP contribution in [0.3, 0.4) is 0 Å². The molecule has 0 unspecified atom stereocenters. The van der Waals surface area contributed by atoms with Crippen molar-refractivity contribution in [2.24, 2.45) is 11.3 Å². The van der Waals surface area contributed by atoms with E-state index in [0.29, 0.717) is 17.6 Å². The van der Waals surface area contributed by atoms with Gasteiger partial charge in [-0.3, -0.25) is 4.79 Å². The molecule has 0 saturated heterocycles. The molecule has 2 aliphatic rings. The van der Waals surface area contributed by atoms with Gasteiger partial charge in [-0.15, -0.1) is 11.3 Å². The van der Waals surface area contributed by atoms with E-state index in [-0.39, 0.29) is 0 Å². The number of ketones is 1. The van der Waals surface area contributed by atoms with E-state index in [9.17, 15) is 4.79 Å². The highest BCUT2D eigenvalue weighted by Crippen LogP contribution is 2.71. The highest BCUT2D eigenvalue weighted by molar-refractivity contribution is 7.14. The van der Waals surface area contributed by atoms with Crippen LogP contribution in [0.25, 0.3) is 0 Å². The minimum absolute atomic E-state index is 0.341. The molecule has 0 spiro atoms. The van der Waals surface area contributed by atoms with Crippen LogP contribution in [0, 0.1) is 18.3 Å². The minimum atomic E-state index is 0.341. The summed E-state index contributed by atoms with van der Waals surface area (Å²) in [6.45, 7) is 8.88. The van der Waals surface area contributed by atoms with E-state index in [1.54, 1.807) is 11.3 Å². The number of carbonyl (C=O) groups is 1. The van der Waals surface area contributed by atoms with Crippen LogP contribution in [-0.2, 0) is 6.42 Å². The highest BCUT2D eigenvalue weighted by Gasteiger charge is 2.63. The zero-order valence-electron chi connectivity index (χ0n) is 10.4. The van der Waals surface area contributed by atoms with Gasteiger partial charge in [0.05, 0.1) is 4.88 Å². The van der Waals surface area contributed by atoms with Gasteiger partial charge in [-0.1, -0.05) is 20.8 Å². The third-order valence-electron chi connectivity index (χ3n) is 4.59. The number of fused-ring (bicyclic) bond motifs is 3. The summed E-state index contributed by atoms with van der Waals surface area (Å²) in [6, 6.07) is 0. The van der Waals surface area contributed by atoms with Gasteiger partial charge >= 0.3 is 0 Å². The summed E-state index contributed by atoms with van der Waals surface area (Å²) in [4.78, 5) is 14.3. The summed E-state index contributed by atoms with van der Waals surface area (Å²) in [5, 5.41) is 0. The zero-order chi connectivity index (χ0) is 11.7. The third-order valence-corrected chi connectivity index (χ3v) is 5.80. The van der Waals surface area contributed by atoms with Gasteiger partial charge in [0.1, 0.15) is 0 Å². The van der Waals surface area contributed by atoms with Gasteiger partial charge in [0.2, 0.25) is 0 Å². The number of carbonyl (C=O) groups excluding carboxylic acids is 1. The van der Waals surface area contributed by atoms with Gasteiger partial charge in [-0.25, -0.2) is 0 Å². The summed E-state index contributed by atoms with van der Waals surface area (Å²) < 4.78 is 0. The Hall–Kier alpha value is -0.630. The average Bonchev–Trinajstić information content (AvgIpc) is 2.62. The van der Waals surface area contributed by atoms with Crippen molar-refractivity contribution in [2.45, 2.75) is 46.5 Å². The fraction of sp³-hybridized carbons (Fsp3) is 0.643. The number of Topliss-reactive ketones (excluding diaryl/α,β-unsaturated/α-hetero) is 1. The van der Waals surface area contributed by atoms with Crippen LogP contribution in [-0.4, -0.2) is 5.78 Å². The van der Waals surface area contributed by atoms with E-state index in [4.69, 9.17) is 0 Å². The van der Waals surface area contributed by atoms with Crippen molar-refractivity contribution in [3.8, 4) is 0 Å². The molecule has 1 heterocycles. The van der Waals surface area contributed by atoms with Crippen LogP contribution in [0.4, 0.5) is 0 Å². The maximum atomic E-state index is 11.9. The number of hydrogen-bond donors (Lipinski definition) is 0. The summed E-state index contributed by atoms with van der Waals surface area (Å²) in [5.74, 6) is 1.90. The predicted octanol–water partition coefficient (Wildman–Crippen LogP) is 3.94. The Morgan fingerprint density at radius 1 is 1.50 bits per heavy atom. The highest BCUT2D eigenvalue weighted by atomic mass is 32.1. The molecule has 0 amide bonds. The van der Waals surface area contributed by atoms with Crippen LogP contribution in [0.1, 0.15) is 58.8 Å². The predicted molar refractivity (Wildman–Crippen MR) is 67.4 cm³/mol. The fourth-order valence-electron chi connectivity index (χ4n) is 3.52. The summed E-state index contributed by atoms with van der Waals surface area (Å²) in [5.41, 5.74) is 3.44. The Kier molecular flexibility index (Phi) is 1.96. The van der Waals surface area contributed by atoms with E-state index in [1.807, 2.05) is 6.92 Å². The molecule has 1 nitrogen and oxygen atoms in total. The van der Waals surface area contributed by atoms with E-state index in [1.165, 1.54) is 16.0 Å². The Balaban J connectivity index is 2.08. The Labute approximate surface area is 101 Å². The molecular formula is C14H18OS. The lowest BCUT2D eigenvalue weighted by Gasteiger charge is -2.09. The summed E-state index contributed by atoms with van der Waals surface area (Å²) in [6.07, 6.45) is 1.80. The van der Waals surface area contributed by atoms with Crippen molar-refractivity contribution in [2.75, 3.05) is 0 Å². The normalized spacial score (nSPS) is 28.8. The van der Waals surface area contributed by atoms with E-state index >= 15 is 0 Å². The molecule has 2 aliphatic carbocycles. The van der Waals surface area contributed by atoms with Crippen molar-refractivity contribution in [3.63, 3.8) is 0 Å². The Morgan fingerprint density at radius 3 is 2.81 bits per heavy atom. The molecule has 16 heavy (non-hydrogen) atoms. The molecule has 1 aromatic heterocycles. The van der Waals surface area contributed by atoms with Crippen LogP contribution in [0.15, 0.2) is 0 Å². The van der Waals surface area contributed by atoms with Crippen molar-refractivity contribution in [3.05, 3.63) is 20.9 Å². The van der Waals surface area contributed by atoms with Gasteiger partial charge in [-0.05, 0) is 41.7 Å². The Morgan fingerprint density at radius 2 is 2.19 bits per heavy atom. The Bertz CT molecular complexity index is 481. The second kappa shape index (κ2) is 2.98. The molecule has 2 atom stereocenters. The van der Waals surface area contributed by atoms with Crippen LogP contribution >= 0.6 is 11.3 Å². The lowest BCUT2D eigenvalue weighted by atomic mass is 9.94. The number of thiophene rings is 1. The van der Waals surface area contributed by atoms with Gasteiger partial charge in [-0.2, -0.15) is 0 Å². The number of rotatable bonds is 2. The molecular weight excluding hydrogens is 216 g/mol.